The Hall–Kier alpha value is -2.23. The Morgan fingerprint density at radius 1 is 0.929 bits per heavy atom. The van der Waals surface area contributed by atoms with Crippen molar-refractivity contribution in [2.45, 2.75) is 18.6 Å². The number of hydrogen-bond acceptors (Lipinski definition) is 3. The fraction of sp³-hybridized carbons (Fsp3) is 0.280. The van der Waals surface area contributed by atoms with Crippen LogP contribution in [0.3, 0.4) is 0 Å². The molecule has 0 aromatic heterocycles. The van der Waals surface area contributed by atoms with Crippen molar-refractivity contribution < 1.29 is 9.47 Å². The number of benzene rings is 3. The highest BCUT2D eigenvalue weighted by Crippen LogP contribution is 2.42. The summed E-state index contributed by atoms with van der Waals surface area (Å²) in [4.78, 5) is 0. The Kier molecular flexibility index (Phi) is 4.87. The molecule has 28 heavy (non-hydrogen) atoms. The molecule has 0 radical (unpaired) electrons. The normalized spacial score (nSPS) is 16.5. The van der Waals surface area contributed by atoms with Crippen LogP contribution in [0.4, 0.5) is 0 Å². The van der Waals surface area contributed by atoms with Gasteiger partial charge >= 0.3 is 0 Å². The summed E-state index contributed by atoms with van der Waals surface area (Å²) in [6.45, 7) is 4.24. The van der Waals surface area contributed by atoms with Crippen molar-refractivity contribution in [3.8, 4) is 28.0 Å². The maximum absolute atomic E-state index is 5.94. The van der Waals surface area contributed by atoms with Gasteiger partial charge in [0.2, 0.25) is 0 Å². The van der Waals surface area contributed by atoms with Crippen LogP contribution in [0.5, 0.6) is 5.75 Å². The average Bonchev–Trinajstić information content (AvgIpc) is 3.46. The van der Waals surface area contributed by atoms with Crippen LogP contribution in [0.1, 0.15) is 16.7 Å². The van der Waals surface area contributed by atoms with Crippen molar-refractivity contribution in [3.63, 3.8) is 0 Å². The van der Waals surface area contributed by atoms with Gasteiger partial charge in [-0.05, 0) is 64.4 Å². The molecule has 1 unspecified atom stereocenters. The number of aryl methyl sites for hydroxylation is 1. The molecule has 2 nitrogen and oxygen atoms in total. The lowest BCUT2D eigenvalue weighted by atomic mass is 9.94. The molecule has 1 aliphatic heterocycles. The van der Waals surface area contributed by atoms with E-state index >= 15 is 0 Å². The molecule has 3 aromatic carbocycles. The molecule has 0 bridgehead atoms. The molecule has 0 saturated carbocycles. The van der Waals surface area contributed by atoms with Crippen LogP contribution < -0.4 is 4.74 Å². The standard InChI is InChI=1S/C25H24O2S/c1-17-13-19(9-10-25(17)27-12-11-26-15-20-16-28-20)22-7-4-8-23-21-6-3-2-5-18(21)14-24(22)23/h2-10,13,20H,11-12,14-16H2,1H3. The van der Waals surface area contributed by atoms with Gasteiger partial charge in [-0.15, -0.1) is 0 Å². The van der Waals surface area contributed by atoms with Gasteiger partial charge < -0.3 is 9.47 Å². The van der Waals surface area contributed by atoms with Crippen molar-refractivity contribution in [3.05, 3.63) is 77.4 Å². The Balaban J connectivity index is 1.33. The van der Waals surface area contributed by atoms with Gasteiger partial charge in [-0.2, -0.15) is 11.8 Å². The molecule has 1 heterocycles. The highest BCUT2D eigenvalue weighted by atomic mass is 32.2. The average molecular weight is 389 g/mol. The fourth-order valence-corrected chi connectivity index (χ4v) is 4.42. The molecule has 0 N–H and O–H groups in total. The Morgan fingerprint density at radius 3 is 2.61 bits per heavy atom. The second-order valence-electron chi connectivity index (χ2n) is 7.52. The third kappa shape index (κ3) is 3.57. The summed E-state index contributed by atoms with van der Waals surface area (Å²) in [5.74, 6) is 2.19. The highest BCUT2D eigenvalue weighted by Gasteiger charge is 2.22. The minimum Gasteiger partial charge on any atom is -0.491 e. The lowest BCUT2D eigenvalue weighted by Crippen LogP contribution is -2.10. The molecule has 1 aliphatic carbocycles. The topological polar surface area (TPSA) is 18.5 Å². The summed E-state index contributed by atoms with van der Waals surface area (Å²) in [7, 11) is 0. The Bertz CT molecular complexity index is 1010. The maximum Gasteiger partial charge on any atom is 0.122 e. The first-order valence-electron chi connectivity index (χ1n) is 9.93. The van der Waals surface area contributed by atoms with Crippen molar-refractivity contribution >= 4 is 11.8 Å². The highest BCUT2D eigenvalue weighted by molar-refractivity contribution is 8.06. The van der Waals surface area contributed by atoms with Gasteiger partial charge in [0, 0.05) is 11.0 Å². The number of rotatable bonds is 7. The summed E-state index contributed by atoms with van der Waals surface area (Å²) in [5, 5.41) is 0.722. The molecule has 5 rings (SSSR count). The van der Waals surface area contributed by atoms with Crippen LogP contribution in [0.15, 0.2) is 60.7 Å². The molecule has 1 saturated heterocycles. The summed E-state index contributed by atoms with van der Waals surface area (Å²) in [5.41, 5.74) is 9.36. The zero-order valence-corrected chi connectivity index (χ0v) is 16.9. The van der Waals surface area contributed by atoms with E-state index in [0.717, 1.165) is 24.0 Å². The summed E-state index contributed by atoms with van der Waals surface area (Å²) in [6, 6.07) is 21.9. The number of fused-ring (bicyclic) bond motifs is 3. The zero-order valence-electron chi connectivity index (χ0n) is 16.1. The molecule has 1 atom stereocenters. The minimum atomic E-state index is 0.605. The van der Waals surface area contributed by atoms with Crippen LogP contribution in [0.25, 0.3) is 22.3 Å². The molecular formula is C25H24O2S. The number of hydrogen-bond donors (Lipinski definition) is 0. The first-order valence-corrected chi connectivity index (χ1v) is 11.0. The first-order chi connectivity index (χ1) is 13.8. The SMILES string of the molecule is Cc1cc(-c2cccc3c2Cc2ccccc2-3)ccc1OCCOCC1CS1. The molecule has 0 amide bonds. The number of ether oxygens (including phenoxy) is 2. The van der Waals surface area contributed by atoms with E-state index in [9.17, 15) is 0 Å². The van der Waals surface area contributed by atoms with Crippen LogP contribution in [-0.4, -0.2) is 30.8 Å². The van der Waals surface area contributed by atoms with Crippen molar-refractivity contribution in [2.24, 2.45) is 0 Å². The minimum absolute atomic E-state index is 0.605. The predicted octanol–water partition coefficient (Wildman–Crippen LogP) is 5.74. The lowest BCUT2D eigenvalue weighted by molar-refractivity contribution is 0.106. The van der Waals surface area contributed by atoms with Crippen LogP contribution in [0.2, 0.25) is 0 Å². The van der Waals surface area contributed by atoms with Crippen LogP contribution >= 0.6 is 11.8 Å². The second kappa shape index (κ2) is 7.65. The Labute approximate surface area is 170 Å². The summed E-state index contributed by atoms with van der Waals surface area (Å²) >= 11 is 1.96. The van der Waals surface area contributed by atoms with Gasteiger partial charge in [-0.1, -0.05) is 48.5 Å². The summed E-state index contributed by atoms with van der Waals surface area (Å²) in [6.07, 6.45) is 1.01. The van der Waals surface area contributed by atoms with E-state index in [1.807, 2.05) is 11.8 Å². The predicted molar refractivity (Wildman–Crippen MR) is 117 cm³/mol. The summed E-state index contributed by atoms with van der Waals surface area (Å²) < 4.78 is 11.6. The van der Waals surface area contributed by atoms with Crippen LogP contribution in [0, 0.1) is 6.92 Å². The smallest absolute Gasteiger partial charge is 0.122 e. The van der Waals surface area contributed by atoms with Crippen molar-refractivity contribution in [2.75, 3.05) is 25.6 Å². The zero-order chi connectivity index (χ0) is 18.9. The monoisotopic (exact) mass is 388 g/mol. The quantitative estimate of drug-likeness (QED) is 0.297. The molecule has 3 aromatic rings. The van der Waals surface area contributed by atoms with E-state index in [0.29, 0.717) is 13.2 Å². The van der Waals surface area contributed by atoms with Gasteiger partial charge in [0.05, 0.1) is 13.2 Å². The molecule has 1 fully saturated rings. The first kappa shape index (κ1) is 17.8. The van der Waals surface area contributed by atoms with Gasteiger partial charge in [-0.25, -0.2) is 0 Å². The van der Waals surface area contributed by atoms with E-state index in [2.05, 4.69) is 67.6 Å². The van der Waals surface area contributed by atoms with Gasteiger partial charge in [0.15, 0.2) is 0 Å². The van der Waals surface area contributed by atoms with Gasteiger partial charge in [0.25, 0.3) is 0 Å². The van der Waals surface area contributed by atoms with E-state index in [1.54, 1.807) is 0 Å². The Morgan fingerprint density at radius 2 is 1.75 bits per heavy atom. The third-order valence-corrected chi connectivity index (χ3v) is 6.47. The van der Waals surface area contributed by atoms with E-state index < -0.39 is 0 Å². The van der Waals surface area contributed by atoms with E-state index in [4.69, 9.17) is 9.47 Å². The van der Waals surface area contributed by atoms with Crippen molar-refractivity contribution in [1.82, 2.24) is 0 Å². The maximum atomic E-state index is 5.94. The fourth-order valence-electron chi connectivity index (χ4n) is 4.00. The molecule has 2 aliphatic rings. The molecule has 0 spiro atoms. The molecule has 142 valence electrons. The lowest BCUT2D eigenvalue weighted by Gasteiger charge is -2.13. The van der Waals surface area contributed by atoms with Crippen LogP contribution in [-0.2, 0) is 11.2 Å². The number of thioether (sulfide) groups is 1. The second-order valence-corrected chi connectivity index (χ2v) is 8.86. The molecule has 3 heteroatoms. The van der Waals surface area contributed by atoms with E-state index in [1.165, 1.54) is 44.7 Å². The molecular weight excluding hydrogens is 364 g/mol. The van der Waals surface area contributed by atoms with Gasteiger partial charge in [-0.3, -0.25) is 0 Å². The van der Waals surface area contributed by atoms with E-state index in [-0.39, 0.29) is 0 Å². The largest absolute Gasteiger partial charge is 0.491 e. The van der Waals surface area contributed by atoms with Gasteiger partial charge in [0.1, 0.15) is 12.4 Å². The third-order valence-electron chi connectivity index (χ3n) is 5.53. The van der Waals surface area contributed by atoms with Crippen molar-refractivity contribution in [1.29, 1.82) is 0 Å².